The van der Waals surface area contributed by atoms with Gasteiger partial charge in [0.2, 0.25) is 5.95 Å². The van der Waals surface area contributed by atoms with Gasteiger partial charge >= 0.3 is 0 Å². The van der Waals surface area contributed by atoms with E-state index >= 15 is 0 Å². The van der Waals surface area contributed by atoms with E-state index < -0.39 is 0 Å². The third-order valence-electron chi connectivity index (χ3n) is 2.12. The van der Waals surface area contributed by atoms with E-state index in [1.54, 1.807) is 25.3 Å². The van der Waals surface area contributed by atoms with E-state index in [-0.39, 0.29) is 5.82 Å². The smallest absolute Gasteiger partial charge is 0.228 e. The number of halogens is 2. The molecule has 0 amide bonds. The van der Waals surface area contributed by atoms with Crippen LogP contribution in [0.3, 0.4) is 0 Å². The van der Waals surface area contributed by atoms with Crippen molar-refractivity contribution in [1.29, 1.82) is 0 Å². The summed E-state index contributed by atoms with van der Waals surface area (Å²) in [5.41, 5.74) is 1.21. The molecule has 0 radical (unpaired) electrons. The van der Waals surface area contributed by atoms with Gasteiger partial charge in [0.1, 0.15) is 11.0 Å². The highest BCUT2D eigenvalue weighted by Gasteiger charge is 2.04. The number of nitrogens with one attached hydrogen (secondary N) is 1. The molecule has 0 saturated heterocycles. The molecule has 2 rings (SSSR count). The predicted molar refractivity (Wildman–Crippen MR) is 67.4 cm³/mol. The van der Waals surface area contributed by atoms with Crippen LogP contribution in [0.5, 0.6) is 0 Å². The van der Waals surface area contributed by atoms with E-state index in [9.17, 15) is 4.39 Å². The van der Waals surface area contributed by atoms with Crippen molar-refractivity contribution in [2.24, 2.45) is 0 Å². The zero-order chi connectivity index (χ0) is 13.0. The molecular formula is C12H11ClFN3O. The Hall–Kier alpha value is -1.72. The summed E-state index contributed by atoms with van der Waals surface area (Å²) < 4.78 is 18.0. The summed E-state index contributed by atoms with van der Waals surface area (Å²) >= 11 is 5.86. The molecule has 94 valence electrons. The Bertz CT molecular complexity index is 551. The molecule has 1 aromatic carbocycles. The van der Waals surface area contributed by atoms with Gasteiger partial charge in [0.05, 0.1) is 12.3 Å². The molecule has 0 bridgehead atoms. The topological polar surface area (TPSA) is 47.0 Å². The summed E-state index contributed by atoms with van der Waals surface area (Å²) in [6.45, 7) is 0.333. The Balaban J connectivity index is 2.23. The second-order valence-corrected chi connectivity index (χ2v) is 3.96. The second kappa shape index (κ2) is 5.75. The van der Waals surface area contributed by atoms with Crippen LogP contribution in [0.4, 0.5) is 16.0 Å². The molecule has 0 unspecified atom stereocenters. The van der Waals surface area contributed by atoms with Gasteiger partial charge in [-0.2, -0.15) is 0 Å². The van der Waals surface area contributed by atoms with Gasteiger partial charge in [-0.25, -0.2) is 14.4 Å². The van der Waals surface area contributed by atoms with Gasteiger partial charge < -0.3 is 10.1 Å². The summed E-state index contributed by atoms with van der Waals surface area (Å²) in [5, 5.41) is 3.18. The first-order valence-electron chi connectivity index (χ1n) is 5.22. The van der Waals surface area contributed by atoms with Gasteiger partial charge in [-0.15, -0.1) is 0 Å². The fourth-order valence-corrected chi connectivity index (χ4v) is 1.64. The lowest BCUT2D eigenvalue weighted by Gasteiger charge is -2.07. The van der Waals surface area contributed by atoms with Crippen LogP contribution in [0.15, 0.2) is 30.3 Å². The van der Waals surface area contributed by atoms with Crippen LogP contribution in [0, 0.1) is 5.82 Å². The largest absolute Gasteiger partial charge is 0.378 e. The summed E-state index contributed by atoms with van der Waals surface area (Å²) in [6, 6.07) is 7.63. The number of methoxy groups -OCH3 is 1. The average molecular weight is 268 g/mol. The second-order valence-electron chi connectivity index (χ2n) is 3.57. The molecule has 0 saturated carbocycles. The standard InChI is InChI=1S/C12H11ClFN3O/c1-18-7-10-6-11(13)17-12(16-10)15-9-4-2-3-8(14)5-9/h2-6H,7H2,1H3,(H,15,16,17). The minimum Gasteiger partial charge on any atom is -0.378 e. The third-order valence-corrected chi connectivity index (χ3v) is 2.31. The quantitative estimate of drug-likeness (QED) is 0.865. The van der Waals surface area contributed by atoms with E-state index in [0.717, 1.165) is 0 Å². The number of hydrogen-bond donors (Lipinski definition) is 1. The number of nitrogens with zero attached hydrogens (tertiary/aromatic N) is 2. The minimum absolute atomic E-state index is 0.302. The van der Waals surface area contributed by atoms with Gasteiger partial charge in [-0.1, -0.05) is 17.7 Å². The Morgan fingerprint density at radius 1 is 1.33 bits per heavy atom. The molecule has 1 aromatic heterocycles. The van der Waals surface area contributed by atoms with Crippen molar-refractivity contribution in [3.8, 4) is 0 Å². The molecule has 0 atom stereocenters. The molecular weight excluding hydrogens is 257 g/mol. The van der Waals surface area contributed by atoms with E-state index in [1.165, 1.54) is 12.1 Å². The molecule has 0 aliphatic rings. The Morgan fingerprint density at radius 3 is 2.89 bits per heavy atom. The number of ether oxygens (including phenoxy) is 1. The normalized spacial score (nSPS) is 10.4. The van der Waals surface area contributed by atoms with Crippen LogP contribution in [0.25, 0.3) is 0 Å². The molecule has 0 aliphatic heterocycles. The van der Waals surface area contributed by atoms with Crippen LogP contribution in [0.1, 0.15) is 5.69 Å². The lowest BCUT2D eigenvalue weighted by molar-refractivity contribution is 0.181. The number of aromatic nitrogens is 2. The van der Waals surface area contributed by atoms with E-state index in [1.807, 2.05) is 0 Å². The zero-order valence-corrected chi connectivity index (χ0v) is 10.4. The van der Waals surface area contributed by atoms with Crippen LogP contribution in [-0.2, 0) is 11.3 Å². The van der Waals surface area contributed by atoms with Gasteiger partial charge in [0, 0.05) is 12.8 Å². The SMILES string of the molecule is COCc1cc(Cl)nc(Nc2cccc(F)c2)n1. The molecule has 2 aromatic rings. The molecule has 18 heavy (non-hydrogen) atoms. The molecule has 4 nitrogen and oxygen atoms in total. The van der Waals surface area contributed by atoms with Crippen LogP contribution >= 0.6 is 11.6 Å². The molecule has 1 heterocycles. The van der Waals surface area contributed by atoms with Crippen molar-refractivity contribution in [3.05, 3.63) is 47.0 Å². The zero-order valence-electron chi connectivity index (χ0n) is 9.65. The van der Waals surface area contributed by atoms with E-state index in [4.69, 9.17) is 16.3 Å². The highest BCUT2D eigenvalue weighted by Crippen LogP contribution is 2.17. The van der Waals surface area contributed by atoms with Crippen molar-refractivity contribution >= 4 is 23.2 Å². The lowest BCUT2D eigenvalue weighted by atomic mass is 10.3. The molecule has 0 aliphatic carbocycles. The van der Waals surface area contributed by atoms with Crippen molar-refractivity contribution in [1.82, 2.24) is 9.97 Å². The van der Waals surface area contributed by atoms with Crippen LogP contribution in [-0.4, -0.2) is 17.1 Å². The Kier molecular flexibility index (Phi) is 4.07. The maximum atomic E-state index is 13.0. The predicted octanol–water partition coefficient (Wildman–Crippen LogP) is 3.16. The lowest BCUT2D eigenvalue weighted by Crippen LogP contribution is -2.01. The highest BCUT2D eigenvalue weighted by molar-refractivity contribution is 6.29. The Morgan fingerprint density at radius 2 is 2.17 bits per heavy atom. The van der Waals surface area contributed by atoms with E-state index in [0.29, 0.717) is 29.1 Å². The monoisotopic (exact) mass is 267 g/mol. The summed E-state index contributed by atoms with van der Waals surface area (Å²) in [5.74, 6) is -0.0284. The van der Waals surface area contributed by atoms with Crippen molar-refractivity contribution in [2.45, 2.75) is 6.61 Å². The molecule has 0 fully saturated rings. The van der Waals surface area contributed by atoms with Gasteiger partial charge in [0.15, 0.2) is 0 Å². The average Bonchev–Trinajstić information content (AvgIpc) is 2.28. The first kappa shape index (κ1) is 12.7. The maximum Gasteiger partial charge on any atom is 0.228 e. The Labute approximate surface area is 109 Å². The van der Waals surface area contributed by atoms with Crippen LogP contribution in [0.2, 0.25) is 5.15 Å². The fraction of sp³-hybridized carbons (Fsp3) is 0.167. The first-order valence-corrected chi connectivity index (χ1v) is 5.60. The summed E-state index contributed by atoms with van der Waals surface area (Å²) in [6.07, 6.45) is 0. The minimum atomic E-state index is -0.334. The highest BCUT2D eigenvalue weighted by atomic mass is 35.5. The maximum absolute atomic E-state index is 13.0. The van der Waals surface area contributed by atoms with Gasteiger partial charge in [-0.3, -0.25) is 0 Å². The number of benzene rings is 1. The summed E-state index contributed by atoms with van der Waals surface area (Å²) in [7, 11) is 1.57. The van der Waals surface area contributed by atoms with Crippen molar-refractivity contribution < 1.29 is 9.13 Å². The van der Waals surface area contributed by atoms with Crippen LogP contribution < -0.4 is 5.32 Å². The molecule has 0 spiro atoms. The van der Waals surface area contributed by atoms with Gasteiger partial charge in [0.25, 0.3) is 0 Å². The molecule has 1 N–H and O–H groups in total. The number of rotatable bonds is 4. The van der Waals surface area contributed by atoms with Crippen molar-refractivity contribution in [2.75, 3.05) is 12.4 Å². The fourth-order valence-electron chi connectivity index (χ4n) is 1.44. The van der Waals surface area contributed by atoms with E-state index in [2.05, 4.69) is 15.3 Å². The third kappa shape index (κ3) is 3.38. The number of anilines is 2. The number of hydrogen-bond acceptors (Lipinski definition) is 4. The van der Waals surface area contributed by atoms with Crippen molar-refractivity contribution in [3.63, 3.8) is 0 Å². The molecule has 6 heteroatoms. The summed E-state index contributed by atoms with van der Waals surface area (Å²) in [4.78, 5) is 8.20. The first-order chi connectivity index (χ1) is 8.67. The van der Waals surface area contributed by atoms with Gasteiger partial charge in [-0.05, 0) is 24.3 Å².